The minimum Gasteiger partial charge on any atom is -0.338 e. The number of rotatable bonds is 5. The topological polar surface area (TPSA) is 73.8 Å². The Morgan fingerprint density at radius 1 is 1.20 bits per heavy atom. The molecule has 0 aliphatic heterocycles. The van der Waals surface area contributed by atoms with E-state index in [1.54, 1.807) is 4.57 Å². The first-order valence-electron chi connectivity index (χ1n) is 7.75. The summed E-state index contributed by atoms with van der Waals surface area (Å²) in [5.41, 5.74) is 1.64. The van der Waals surface area contributed by atoms with Crippen molar-refractivity contribution in [1.82, 2.24) is 19.7 Å². The van der Waals surface area contributed by atoms with Crippen molar-refractivity contribution in [3.05, 3.63) is 58.0 Å². The van der Waals surface area contributed by atoms with Crippen LogP contribution in [-0.2, 0) is 12.3 Å². The first-order valence-corrected chi connectivity index (χ1v) is 9.61. The fourth-order valence-corrected chi connectivity index (χ4v) is 4.14. The third-order valence-corrected chi connectivity index (χ3v) is 5.52. The van der Waals surface area contributed by atoms with E-state index in [1.807, 2.05) is 48.7 Å². The van der Waals surface area contributed by atoms with Crippen LogP contribution in [0.5, 0.6) is 0 Å². The number of hydrogen-bond acceptors (Lipinski definition) is 7. The van der Waals surface area contributed by atoms with Gasteiger partial charge in [0, 0.05) is 12.1 Å². The molecule has 3 aromatic heterocycles. The van der Waals surface area contributed by atoms with Crippen molar-refractivity contribution in [2.24, 2.45) is 0 Å². The van der Waals surface area contributed by atoms with Gasteiger partial charge in [0.05, 0.1) is 11.3 Å². The summed E-state index contributed by atoms with van der Waals surface area (Å²) in [6, 6.07) is 11.5. The molecule has 0 N–H and O–H groups in total. The van der Waals surface area contributed by atoms with Gasteiger partial charge in [-0.15, -0.1) is 11.3 Å². The van der Waals surface area contributed by atoms with Crippen LogP contribution in [0.3, 0.4) is 0 Å². The highest BCUT2D eigenvalue weighted by molar-refractivity contribution is 7.98. The summed E-state index contributed by atoms with van der Waals surface area (Å²) in [4.78, 5) is 21.5. The second kappa shape index (κ2) is 6.81. The molecule has 4 rings (SSSR count). The van der Waals surface area contributed by atoms with E-state index in [0.29, 0.717) is 33.9 Å². The lowest BCUT2D eigenvalue weighted by atomic mass is 10.2. The predicted molar refractivity (Wildman–Crippen MR) is 98.8 cm³/mol. The van der Waals surface area contributed by atoms with E-state index in [0.717, 1.165) is 11.1 Å². The molecule has 0 atom stereocenters. The Morgan fingerprint density at radius 2 is 2.04 bits per heavy atom. The third kappa shape index (κ3) is 3.10. The van der Waals surface area contributed by atoms with E-state index >= 15 is 0 Å². The van der Waals surface area contributed by atoms with Crippen LogP contribution in [-0.4, -0.2) is 19.7 Å². The number of thioether (sulfide) groups is 1. The maximum atomic E-state index is 12.5. The molecule has 8 heteroatoms. The van der Waals surface area contributed by atoms with Crippen LogP contribution < -0.4 is 5.56 Å². The summed E-state index contributed by atoms with van der Waals surface area (Å²) in [6.45, 7) is 2.51. The summed E-state index contributed by atoms with van der Waals surface area (Å²) in [5, 5.41) is 6.57. The molecule has 0 bridgehead atoms. The van der Waals surface area contributed by atoms with Gasteiger partial charge in [0.2, 0.25) is 11.7 Å². The normalized spacial score (nSPS) is 11.2. The molecule has 6 nitrogen and oxygen atoms in total. The van der Waals surface area contributed by atoms with Gasteiger partial charge >= 0.3 is 0 Å². The van der Waals surface area contributed by atoms with E-state index in [2.05, 4.69) is 15.1 Å². The van der Waals surface area contributed by atoms with Gasteiger partial charge in [0.15, 0.2) is 5.16 Å². The Labute approximate surface area is 151 Å². The highest BCUT2D eigenvalue weighted by atomic mass is 32.2. The van der Waals surface area contributed by atoms with Crippen LogP contribution in [0.4, 0.5) is 0 Å². The van der Waals surface area contributed by atoms with E-state index in [1.165, 1.54) is 23.1 Å². The van der Waals surface area contributed by atoms with Crippen molar-refractivity contribution in [2.75, 3.05) is 0 Å². The minimum absolute atomic E-state index is 0.000466. The molecular formula is C17H14N4O2S2. The Morgan fingerprint density at radius 3 is 2.84 bits per heavy atom. The molecule has 0 fully saturated rings. The monoisotopic (exact) mass is 370 g/mol. The number of nitrogens with zero attached hydrogens (tertiary/aromatic N) is 4. The fourth-order valence-electron chi connectivity index (χ4n) is 2.46. The van der Waals surface area contributed by atoms with Gasteiger partial charge in [-0.25, -0.2) is 4.98 Å². The molecule has 0 spiro atoms. The van der Waals surface area contributed by atoms with Gasteiger partial charge < -0.3 is 4.52 Å². The van der Waals surface area contributed by atoms with Gasteiger partial charge in [-0.1, -0.05) is 47.3 Å². The van der Waals surface area contributed by atoms with Crippen LogP contribution >= 0.6 is 23.1 Å². The molecule has 126 valence electrons. The SMILES string of the molecule is CCn1c(SCc2nc(-c3ccccc3)no2)nc2ccsc2c1=O. The maximum Gasteiger partial charge on any atom is 0.272 e. The number of aromatic nitrogens is 4. The van der Waals surface area contributed by atoms with Gasteiger partial charge in [-0.2, -0.15) is 4.98 Å². The molecule has 0 radical (unpaired) electrons. The zero-order valence-electron chi connectivity index (χ0n) is 13.4. The summed E-state index contributed by atoms with van der Waals surface area (Å²) >= 11 is 2.85. The van der Waals surface area contributed by atoms with Crippen LogP contribution in [0.1, 0.15) is 12.8 Å². The summed E-state index contributed by atoms with van der Waals surface area (Å²) in [7, 11) is 0. The lowest BCUT2D eigenvalue weighted by Gasteiger charge is -2.08. The summed E-state index contributed by atoms with van der Waals surface area (Å²) in [6.07, 6.45) is 0. The first kappa shape index (κ1) is 16.0. The molecular weight excluding hydrogens is 356 g/mol. The van der Waals surface area contributed by atoms with Crippen molar-refractivity contribution >= 4 is 33.3 Å². The molecule has 3 heterocycles. The van der Waals surface area contributed by atoms with Gasteiger partial charge in [-0.3, -0.25) is 9.36 Å². The van der Waals surface area contributed by atoms with Crippen molar-refractivity contribution in [2.45, 2.75) is 24.4 Å². The molecule has 4 aromatic rings. The molecule has 0 amide bonds. The molecule has 25 heavy (non-hydrogen) atoms. The van der Waals surface area contributed by atoms with Crippen molar-refractivity contribution in [1.29, 1.82) is 0 Å². The lowest BCUT2D eigenvalue weighted by molar-refractivity contribution is 0.391. The van der Waals surface area contributed by atoms with E-state index < -0.39 is 0 Å². The Kier molecular flexibility index (Phi) is 4.37. The third-order valence-electron chi connectivity index (χ3n) is 3.67. The average molecular weight is 370 g/mol. The predicted octanol–water partition coefficient (Wildman–Crippen LogP) is 3.82. The molecule has 0 saturated carbocycles. The minimum atomic E-state index is 0.000466. The first-order chi connectivity index (χ1) is 12.3. The van der Waals surface area contributed by atoms with Crippen LogP contribution in [0.15, 0.2) is 56.3 Å². The smallest absolute Gasteiger partial charge is 0.272 e. The number of benzene rings is 1. The second-order valence-electron chi connectivity index (χ2n) is 5.25. The van der Waals surface area contributed by atoms with Crippen LogP contribution in [0, 0.1) is 0 Å². The Balaban J connectivity index is 1.59. The standard InChI is InChI=1S/C17H14N4O2S2/c1-2-21-16(22)14-12(8-9-24-14)18-17(21)25-10-13-19-15(20-23-13)11-6-4-3-5-7-11/h3-9H,2,10H2,1H3. The number of fused-ring (bicyclic) bond motifs is 1. The molecule has 1 aromatic carbocycles. The van der Waals surface area contributed by atoms with Gasteiger partial charge in [0.1, 0.15) is 4.70 Å². The van der Waals surface area contributed by atoms with Crippen molar-refractivity contribution < 1.29 is 4.52 Å². The Bertz CT molecular complexity index is 1070. The molecule has 0 unspecified atom stereocenters. The van der Waals surface area contributed by atoms with Crippen molar-refractivity contribution in [3.8, 4) is 11.4 Å². The van der Waals surface area contributed by atoms with Gasteiger partial charge in [0.25, 0.3) is 5.56 Å². The maximum absolute atomic E-state index is 12.5. The second-order valence-corrected chi connectivity index (χ2v) is 7.10. The lowest BCUT2D eigenvalue weighted by Crippen LogP contribution is -2.21. The quantitative estimate of drug-likeness (QED) is 0.393. The highest BCUT2D eigenvalue weighted by Gasteiger charge is 2.14. The summed E-state index contributed by atoms with van der Waals surface area (Å²) in [5.74, 6) is 1.53. The molecule has 0 aliphatic rings. The van der Waals surface area contributed by atoms with Crippen molar-refractivity contribution in [3.63, 3.8) is 0 Å². The van der Waals surface area contributed by atoms with E-state index in [9.17, 15) is 4.79 Å². The largest absolute Gasteiger partial charge is 0.338 e. The molecule has 0 saturated heterocycles. The molecule has 0 aliphatic carbocycles. The zero-order chi connectivity index (χ0) is 17.2. The highest BCUT2D eigenvalue weighted by Crippen LogP contribution is 2.24. The van der Waals surface area contributed by atoms with Crippen LogP contribution in [0.25, 0.3) is 21.6 Å². The Hall–Kier alpha value is -2.45. The number of hydrogen-bond donors (Lipinski definition) is 0. The average Bonchev–Trinajstić information content (AvgIpc) is 3.30. The summed E-state index contributed by atoms with van der Waals surface area (Å²) < 4.78 is 7.69. The van der Waals surface area contributed by atoms with Crippen LogP contribution in [0.2, 0.25) is 0 Å². The van der Waals surface area contributed by atoms with E-state index in [4.69, 9.17) is 4.52 Å². The van der Waals surface area contributed by atoms with E-state index in [-0.39, 0.29) is 5.56 Å². The fraction of sp³-hybridized carbons (Fsp3) is 0.176. The zero-order valence-corrected chi connectivity index (χ0v) is 15.0. The number of thiophene rings is 1. The van der Waals surface area contributed by atoms with Gasteiger partial charge in [-0.05, 0) is 18.4 Å².